The zero-order valence-corrected chi connectivity index (χ0v) is 12.2. The Hall–Kier alpha value is -2.64. The largest absolute Gasteiger partial charge is 0.480 e. The molecule has 0 saturated heterocycles. The quantitative estimate of drug-likeness (QED) is 0.598. The summed E-state index contributed by atoms with van der Waals surface area (Å²) in [5.74, 6) is -5.63. The van der Waals surface area contributed by atoms with Crippen LogP contribution in [0.2, 0.25) is 0 Å². The van der Waals surface area contributed by atoms with Crippen LogP contribution in [-0.4, -0.2) is 33.8 Å². The number of amides is 1. The molecule has 1 aromatic rings. The maximum Gasteiger partial charge on any atom is 0.338 e. The lowest BCUT2D eigenvalue weighted by Crippen LogP contribution is -2.56. The Bertz CT molecular complexity index is 588. The number of carboxylic acids is 2. The van der Waals surface area contributed by atoms with Gasteiger partial charge < -0.3 is 19.9 Å². The fraction of sp³-hybridized carbons (Fsp3) is 0.429. The molecule has 1 heterocycles. The second-order valence-corrected chi connectivity index (χ2v) is 4.54. The van der Waals surface area contributed by atoms with Gasteiger partial charge in [0, 0.05) is 12.8 Å². The molecule has 0 spiro atoms. The van der Waals surface area contributed by atoms with Gasteiger partial charge in [0.05, 0.1) is 6.54 Å². The number of furan rings is 1. The molecular formula is C14H17NO7. The first-order chi connectivity index (χ1) is 10.3. The highest BCUT2D eigenvalue weighted by molar-refractivity contribution is 6.34. The minimum Gasteiger partial charge on any atom is -0.480 e. The molecule has 0 aliphatic rings. The van der Waals surface area contributed by atoms with Gasteiger partial charge in [0.15, 0.2) is 5.78 Å². The molecule has 120 valence electrons. The summed E-state index contributed by atoms with van der Waals surface area (Å²) in [4.78, 5) is 46.4. The van der Waals surface area contributed by atoms with Crippen LogP contribution in [0.25, 0.3) is 0 Å². The summed E-state index contributed by atoms with van der Waals surface area (Å²) < 4.78 is 5.31. The Labute approximate surface area is 126 Å². The number of carbonyl (C=O) groups excluding carboxylic acids is 2. The van der Waals surface area contributed by atoms with Crippen LogP contribution < -0.4 is 5.32 Å². The van der Waals surface area contributed by atoms with E-state index in [0.29, 0.717) is 17.9 Å². The average molecular weight is 311 g/mol. The maximum absolute atomic E-state index is 12.1. The molecule has 1 amide bonds. The second-order valence-electron chi connectivity index (χ2n) is 4.54. The normalized spacial score (nSPS) is 11.0. The minimum absolute atomic E-state index is 0.210. The van der Waals surface area contributed by atoms with Crippen molar-refractivity contribution < 1.29 is 33.8 Å². The molecule has 1 aromatic heterocycles. The molecule has 0 aliphatic carbocycles. The monoisotopic (exact) mass is 311 g/mol. The zero-order valence-electron chi connectivity index (χ0n) is 12.2. The molecule has 0 saturated carbocycles. The van der Waals surface area contributed by atoms with Crippen LogP contribution in [0.3, 0.4) is 0 Å². The molecule has 0 unspecified atom stereocenters. The number of Topliss-reactive ketones (excluding diaryl/α,β-unsaturated/α-hetero) is 1. The summed E-state index contributed by atoms with van der Waals surface area (Å²) in [5, 5.41) is 20.4. The number of nitrogens with one attached hydrogen (secondary N) is 1. The van der Waals surface area contributed by atoms with Gasteiger partial charge in [-0.2, -0.15) is 0 Å². The van der Waals surface area contributed by atoms with Crippen molar-refractivity contribution in [3.05, 3.63) is 23.7 Å². The summed E-state index contributed by atoms with van der Waals surface area (Å²) >= 11 is 0. The smallest absolute Gasteiger partial charge is 0.338 e. The summed E-state index contributed by atoms with van der Waals surface area (Å²) in [6.07, 6.45) is 0.239. The first-order valence-corrected chi connectivity index (χ1v) is 6.66. The lowest BCUT2D eigenvalue weighted by Gasteiger charge is -2.21. The molecule has 22 heavy (non-hydrogen) atoms. The van der Waals surface area contributed by atoms with Crippen molar-refractivity contribution in [1.29, 1.82) is 0 Å². The van der Waals surface area contributed by atoms with E-state index < -0.39 is 35.5 Å². The van der Waals surface area contributed by atoms with Crippen molar-refractivity contribution >= 4 is 23.6 Å². The first-order valence-electron chi connectivity index (χ1n) is 6.66. The molecule has 0 radical (unpaired) electrons. The number of carboxylic acid groups (broad SMARTS) is 2. The molecule has 0 bridgehead atoms. The Kier molecular flexibility index (Phi) is 5.44. The number of carbonyl (C=O) groups is 4. The van der Waals surface area contributed by atoms with Gasteiger partial charge in [-0.3, -0.25) is 9.59 Å². The zero-order chi connectivity index (χ0) is 16.9. The van der Waals surface area contributed by atoms with E-state index in [-0.39, 0.29) is 6.54 Å². The summed E-state index contributed by atoms with van der Waals surface area (Å²) in [7, 11) is 0. The lowest BCUT2D eigenvalue weighted by molar-refractivity contribution is -0.171. The topological polar surface area (TPSA) is 134 Å². The van der Waals surface area contributed by atoms with E-state index in [0.717, 1.165) is 0 Å². The van der Waals surface area contributed by atoms with Crippen LogP contribution in [-0.2, 0) is 32.1 Å². The van der Waals surface area contributed by atoms with E-state index in [1.807, 2.05) is 6.92 Å². The highest BCUT2D eigenvalue weighted by Crippen LogP contribution is 2.22. The average Bonchev–Trinajstić information content (AvgIpc) is 2.92. The van der Waals surface area contributed by atoms with Gasteiger partial charge in [0.1, 0.15) is 11.5 Å². The number of aliphatic carboxylic acids is 2. The van der Waals surface area contributed by atoms with Crippen LogP contribution in [0.5, 0.6) is 0 Å². The van der Waals surface area contributed by atoms with Gasteiger partial charge in [-0.15, -0.1) is 0 Å². The van der Waals surface area contributed by atoms with Crippen LogP contribution in [0.15, 0.2) is 16.5 Å². The van der Waals surface area contributed by atoms with Crippen molar-refractivity contribution in [3.63, 3.8) is 0 Å². The summed E-state index contributed by atoms with van der Waals surface area (Å²) in [5.41, 5.74) is -3.14. The second kappa shape index (κ2) is 6.88. The number of hydrogen-bond donors (Lipinski definition) is 3. The first kappa shape index (κ1) is 17.4. The SMILES string of the molecule is CCC(=O)C(C(=O)O)(C(=O)O)C(=O)NCc1ccc(CC)o1. The number of aryl methyl sites for hydroxylation is 1. The van der Waals surface area contributed by atoms with Gasteiger partial charge in [-0.25, -0.2) is 9.59 Å². The van der Waals surface area contributed by atoms with Crippen LogP contribution in [0.4, 0.5) is 0 Å². The van der Waals surface area contributed by atoms with Crippen LogP contribution in [0.1, 0.15) is 31.8 Å². The molecule has 0 atom stereocenters. The summed E-state index contributed by atoms with van der Waals surface area (Å²) in [6.45, 7) is 2.94. The Balaban J connectivity index is 3.00. The predicted molar refractivity (Wildman–Crippen MR) is 72.9 cm³/mol. The van der Waals surface area contributed by atoms with Gasteiger partial charge in [0.2, 0.25) is 0 Å². The Morgan fingerprint density at radius 1 is 1.09 bits per heavy atom. The lowest BCUT2D eigenvalue weighted by atomic mass is 9.81. The number of hydrogen-bond acceptors (Lipinski definition) is 5. The maximum atomic E-state index is 12.1. The fourth-order valence-electron chi connectivity index (χ4n) is 1.92. The molecule has 3 N–H and O–H groups in total. The predicted octanol–water partition coefficient (Wildman–Crippen LogP) is 0.593. The third-order valence-corrected chi connectivity index (χ3v) is 3.21. The fourth-order valence-corrected chi connectivity index (χ4v) is 1.92. The van der Waals surface area contributed by atoms with E-state index >= 15 is 0 Å². The highest BCUT2D eigenvalue weighted by atomic mass is 16.4. The van der Waals surface area contributed by atoms with Gasteiger partial charge in [0.25, 0.3) is 11.3 Å². The van der Waals surface area contributed by atoms with Gasteiger partial charge in [-0.05, 0) is 12.1 Å². The van der Waals surface area contributed by atoms with E-state index in [4.69, 9.17) is 14.6 Å². The van der Waals surface area contributed by atoms with Crippen molar-refractivity contribution in [1.82, 2.24) is 5.32 Å². The van der Waals surface area contributed by atoms with E-state index in [2.05, 4.69) is 5.32 Å². The standard InChI is InChI=1S/C14H17NO7/c1-3-8-5-6-9(22-8)7-15-11(17)14(12(18)19,13(20)21)10(16)4-2/h5-6H,3-4,7H2,1-2H3,(H,15,17)(H,18,19)(H,20,21). The Morgan fingerprint density at radius 2 is 1.64 bits per heavy atom. The summed E-state index contributed by atoms with van der Waals surface area (Å²) in [6, 6.07) is 3.25. The molecule has 0 aliphatic heterocycles. The van der Waals surface area contributed by atoms with Crippen molar-refractivity contribution in [2.45, 2.75) is 33.2 Å². The van der Waals surface area contributed by atoms with E-state index in [1.54, 1.807) is 12.1 Å². The molecule has 1 rings (SSSR count). The van der Waals surface area contributed by atoms with E-state index in [1.165, 1.54) is 6.92 Å². The highest BCUT2D eigenvalue weighted by Gasteiger charge is 2.59. The van der Waals surface area contributed by atoms with Gasteiger partial charge >= 0.3 is 11.9 Å². The van der Waals surface area contributed by atoms with Crippen molar-refractivity contribution in [2.24, 2.45) is 5.41 Å². The van der Waals surface area contributed by atoms with Crippen molar-refractivity contribution in [2.75, 3.05) is 0 Å². The minimum atomic E-state index is -3.14. The molecule has 0 aromatic carbocycles. The molecular weight excluding hydrogens is 294 g/mol. The third-order valence-electron chi connectivity index (χ3n) is 3.21. The Morgan fingerprint density at radius 3 is 2.05 bits per heavy atom. The number of rotatable bonds is 8. The molecule has 0 fully saturated rings. The van der Waals surface area contributed by atoms with Crippen LogP contribution >= 0.6 is 0 Å². The number of ketones is 1. The van der Waals surface area contributed by atoms with E-state index in [9.17, 15) is 19.2 Å². The van der Waals surface area contributed by atoms with Crippen molar-refractivity contribution in [3.8, 4) is 0 Å². The van der Waals surface area contributed by atoms with Gasteiger partial charge in [-0.1, -0.05) is 13.8 Å². The molecule has 8 heteroatoms. The van der Waals surface area contributed by atoms with Crippen LogP contribution in [0, 0.1) is 5.41 Å². The third kappa shape index (κ3) is 3.00. The molecule has 8 nitrogen and oxygen atoms in total.